The normalized spacial score (nSPS) is 23.6. The summed E-state index contributed by atoms with van der Waals surface area (Å²) < 4.78 is 0. The molecular formula is C12H27N3. The van der Waals surface area contributed by atoms with Crippen molar-refractivity contribution in [3.05, 3.63) is 0 Å². The summed E-state index contributed by atoms with van der Waals surface area (Å²) in [6.45, 7) is 8.26. The number of rotatable bonds is 6. The quantitative estimate of drug-likeness (QED) is 0.664. The molecule has 1 aliphatic heterocycles. The molecule has 1 atom stereocenters. The molecule has 1 saturated heterocycles. The summed E-state index contributed by atoms with van der Waals surface area (Å²) in [6.07, 6.45) is 4.02. The minimum atomic E-state index is 0.776. The maximum Gasteiger partial charge on any atom is 0.0217 e. The van der Waals surface area contributed by atoms with Gasteiger partial charge in [-0.15, -0.1) is 0 Å². The molecule has 1 rings (SSSR count). The van der Waals surface area contributed by atoms with Crippen LogP contribution in [0.4, 0.5) is 0 Å². The highest BCUT2D eigenvalue weighted by Gasteiger charge is 2.20. The Labute approximate surface area is 94.8 Å². The van der Waals surface area contributed by atoms with Crippen molar-refractivity contribution in [1.29, 1.82) is 0 Å². The Hall–Kier alpha value is -0.120. The Bertz CT molecular complexity index is 159. The summed E-state index contributed by atoms with van der Waals surface area (Å²) in [5.74, 6) is 0. The maximum absolute atomic E-state index is 3.38. The number of nitrogens with zero attached hydrogens (tertiary/aromatic N) is 2. The predicted octanol–water partition coefficient (Wildman–Crippen LogP) is 1.01. The van der Waals surface area contributed by atoms with Crippen LogP contribution < -0.4 is 5.32 Å². The molecule has 3 heteroatoms. The number of nitrogens with one attached hydrogen (secondary N) is 1. The molecule has 0 radical (unpaired) electrons. The molecular weight excluding hydrogens is 186 g/mol. The molecule has 90 valence electrons. The molecule has 0 aliphatic carbocycles. The van der Waals surface area contributed by atoms with Gasteiger partial charge in [0.1, 0.15) is 0 Å². The molecule has 0 amide bonds. The Balaban J connectivity index is 2.13. The standard InChI is InChI=1S/C12H27N3/c1-4-13-8-6-10-15-9-5-7-12(11-15)14(2)3/h12-13H,4-11H2,1-3H3. The van der Waals surface area contributed by atoms with E-state index in [4.69, 9.17) is 0 Å². The lowest BCUT2D eigenvalue weighted by Gasteiger charge is -2.36. The maximum atomic E-state index is 3.38. The molecule has 3 nitrogen and oxygen atoms in total. The first-order chi connectivity index (χ1) is 7.24. The topological polar surface area (TPSA) is 18.5 Å². The molecule has 0 saturated carbocycles. The zero-order valence-corrected chi connectivity index (χ0v) is 10.6. The van der Waals surface area contributed by atoms with Crippen molar-refractivity contribution in [2.45, 2.75) is 32.2 Å². The summed E-state index contributed by atoms with van der Waals surface area (Å²) >= 11 is 0. The van der Waals surface area contributed by atoms with Gasteiger partial charge in [-0.05, 0) is 59.5 Å². The van der Waals surface area contributed by atoms with Crippen LogP contribution in [0.5, 0.6) is 0 Å². The van der Waals surface area contributed by atoms with Gasteiger partial charge in [-0.25, -0.2) is 0 Å². The van der Waals surface area contributed by atoms with E-state index < -0.39 is 0 Å². The van der Waals surface area contributed by atoms with Crippen molar-refractivity contribution in [3.63, 3.8) is 0 Å². The minimum Gasteiger partial charge on any atom is -0.317 e. The van der Waals surface area contributed by atoms with Crippen LogP contribution in [0.2, 0.25) is 0 Å². The minimum absolute atomic E-state index is 0.776. The Morgan fingerprint density at radius 2 is 2.20 bits per heavy atom. The first-order valence-electron chi connectivity index (χ1n) is 6.33. The van der Waals surface area contributed by atoms with Gasteiger partial charge in [0.2, 0.25) is 0 Å². The summed E-state index contributed by atoms with van der Waals surface area (Å²) in [5.41, 5.74) is 0. The molecule has 1 unspecified atom stereocenters. The third-order valence-electron chi connectivity index (χ3n) is 3.29. The van der Waals surface area contributed by atoms with E-state index in [1.54, 1.807) is 0 Å². The molecule has 1 aliphatic rings. The van der Waals surface area contributed by atoms with Crippen molar-refractivity contribution in [1.82, 2.24) is 15.1 Å². The monoisotopic (exact) mass is 213 g/mol. The van der Waals surface area contributed by atoms with E-state index in [1.165, 1.54) is 45.4 Å². The van der Waals surface area contributed by atoms with E-state index >= 15 is 0 Å². The lowest BCUT2D eigenvalue weighted by atomic mass is 10.0. The van der Waals surface area contributed by atoms with Crippen LogP contribution in [0.15, 0.2) is 0 Å². The number of hydrogen-bond acceptors (Lipinski definition) is 3. The lowest BCUT2D eigenvalue weighted by Crippen LogP contribution is -2.45. The Morgan fingerprint density at radius 3 is 2.87 bits per heavy atom. The summed E-state index contributed by atoms with van der Waals surface area (Å²) in [6, 6.07) is 0.776. The number of likely N-dealkylation sites (tertiary alicyclic amines) is 1. The Kier molecular flexibility index (Phi) is 6.22. The van der Waals surface area contributed by atoms with E-state index in [0.717, 1.165) is 12.6 Å². The van der Waals surface area contributed by atoms with Crippen LogP contribution in [0.1, 0.15) is 26.2 Å². The van der Waals surface area contributed by atoms with E-state index in [0.29, 0.717) is 0 Å². The van der Waals surface area contributed by atoms with E-state index in [-0.39, 0.29) is 0 Å². The van der Waals surface area contributed by atoms with Gasteiger partial charge in [0.25, 0.3) is 0 Å². The largest absolute Gasteiger partial charge is 0.317 e. The van der Waals surface area contributed by atoms with Crippen LogP contribution in [-0.4, -0.2) is 62.7 Å². The molecule has 0 aromatic carbocycles. The summed E-state index contributed by atoms with van der Waals surface area (Å²) in [5, 5.41) is 3.38. The highest BCUT2D eigenvalue weighted by molar-refractivity contribution is 4.77. The van der Waals surface area contributed by atoms with Crippen molar-refractivity contribution in [2.75, 3.05) is 46.8 Å². The highest BCUT2D eigenvalue weighted by atomic mass is 15.2. The molecule has 15 heavy (non-hydrogen) atoms. The zero-order chi connectivity index (χ0) is 11.1. The van der Waals surface area contributed by atoms with Gasteiger partial charge in [0.05, 0.1) is 0 Å². The zero-order valence-electron chi connectivity index (χ0n) is 10.6. The van der Waals surface area contributed by atoms with Crippen molar-refractivity contribution in [2.24, 2.45) is 0 Å². The average Bonchev–Trinajstić information content (AvgIpc) is 2.25. The summed E-state index contributed by atoms with van der Waals surface area (Å²) in [4.78, 5) is 4.99. The fourth-order valence-corrected chi connectivity index (χ4v) is 2.26. The second kappa shape index (κ2) is 7.20. The van der Waals surface area contributed by atoms with Crippen LogP contribution >= 0.6 is 0 Å². The van der Waals surface area contributed by atoms with Gasteiger partial charge in [-0.3, -0.25) is 0 Å². The molecule has 1 fully saturated rings. The van der Waals surface area contributed by atoms with E-state index in [9.17, 15) is 0 Å². The van der Waals surface area contributed by atoms with Crippen molar-refractivity contribution >= 4 is 0 Å². The van der Waals surface area contributed by atoms with Crippen LogP contribution in [0.3, 0.4) is 0 Å². The number of piperidine rings is 1. The molecule has 0 aromatic heterocycles. The van der Waals surface area contributed by atoms with Gasteiger partial charge < -0.3 is 15.1 Å². The third-order valence-corrected chi connectivity index (χ3v) is 3.29. The van der Waals surface area contributed by atoms with E-state index in [2.05, 4.69) is 36.1 Å². The SMILES string of the molecule is CCNCCCN1CCCC(N(C)C)C1. The smallest absolute Gasteiger partial charge is 0.0217 e. The molecule has 0 spiro atoms. The van der Waals surface area contributed by atoms with Gasteiger partial charge in [0.15, 0.2) is 0 Å². The fourth-order valence-electron chi connectivity index (χ4n) is 2.26. The third kappa shape index (κ3) is 4.96. The van der Waals surface area contributed by atoms with Gasteiger partial charge in [-0.2, -0.15) is 0 Å². The molecule has 1 N–H and O–H groups in total. The molecule has 1 heterocycles. The van der Waals surface area contributed by atoms with Gasteiger partial charge in [0, 0.05) is 12.6 Å². The van der Waals surface area contributed by atoms with Gasteiger partial charge in [-0.1, -0.05) is 6.92 Å². The first-order valence-corrected chi connectivity index (χ1v) is 6.33. The summed E-state index contributed by atoms with van der Waals surface area (Å²) in [7, 11) is 4.40. The number of likely N-dealkylation sites (N-methyl/N-ethyl adjacent to an activating group) is 1. The fraction of sp³-hybridized carbons (Fsp3) is 1.00. The second-order valence-corrected chi connectivity index (χ2v) is 4.77. The number of hydrogen-bond donors (Lipinski definition) is 1. The molecule has 0 aromatic rings. The predicted molar refractivity (Wildman–Crippen MR) is 66.3 cm³/mol. The van der Waals surface area contributed by atoms with Crippen LogP contribution in [-0.2, 0) is 0 Å². The van der Waals surface area contributed by atoms with Crippen molar-refractivity contribution < 1.29 is 0 Å². The molecule has 0 bridgehead atoms. The second-order valence-electron chi connectivity index (χ2n) is 4.77. The van der Waals surface area contributed by atoms with E-state index in [1.807, 2.05) is 0 Å². The highest BCUT2D eigenvalue weighted by Crippen LogP contribution is 2.13. The average molecular weight is 213 g/mol. The van der Waals surface area contributed by atoms with Gasteiger partial charge >= 0.3 is 0 Å². The lowest BCUT2D eigenvalue weighted by molar-refractivity contribution is 0.132. The Morgan fingerprint density at radius 1 is 1.40 bits per heavy atom. The first kappa shape index (κ1) is 12.9. The van der Waals surface area contributed by atoms with Crippen LogP contribution in [0.25, 0.3) is 0 Å². The van der Waals surface area contributed by atoms with Crippen LogP contribution in [0, 0.1) is 0 Å². The van der Waals surface area contributed by atoms with Crippen molar-refractivity contribution in [3.8, 4) is 0 Å².